The van der Waals surface area contributed by atoms with Crippen molar-refractivity contribution in [2.24, 2.45) is 0 Å². The third-order valence-electron chi connectivity index (χ3n) is 3.15. The van der Waals surface area contributed by atoms with E-state index in [-0.39, 0.29) is 0 Å². The third-order valence-corrected chi connectivity index (χ3v) is 3.15. The average Bonchev–Trinajstić information content (AvgIpc) is 2.43. The van der Waals surface area contributed by atoms with Crippen molar-refractivity contribution >= 4 is 10.8 Å². The molecule has 2 aromatic rings. The van der Waals surface area contributed by atoms with Crippen LogP contribution in [0.1, 0.15) is 24.9 Å². The van der Waals surface area contributed by atoms with Gasteiger partial charge in [0.1, 0.15) is 0 Å². The minimum atomic E-state index is 0.322. The van der Waals surface area contributed by atoms with Crippen molar-refractivity contribution < 1.29 is 4.74 Å². The number of pyridine rings is 1. The van der Waals surface area contributed by atoms with Gasteiger partial charge in [0.05, 0.1) is 0 Å². The summed E-state index contributed by atoms with van der Waals surface area (Å²) in [4.78, 5) is 4.24. The van der Waals surface area contributed by atoms with Crippen LogP contribution in [0.2, 0.25) is 0 Å². The van der Waals surface area contributed by atoms with Gasteiger partial charge in [-0.15, -0.1) is 0 Å². The predicted molar refractivity (Wildman–Crippen MR) is 74.7 cm³/mol. The molecule has 0 bridgehead atoms. The van der Waals surface area contributed by atoms with E-state index in [1.165, 1.54) is 16.3 Å². The Hall–Kier alpha value is -1.45. The summed E-state index contributed by atoms with van der Waals surface area (Å²) in [7, 11) is 1.74. The van der Waals surface area contributed by atoms with Gasteiger partial charge in [-0.2, -0.15) is 0 Å². The molecule has 3 nitrogen and oxygen atoms in total. The van der Waals surface area contributed by atoms with Crippen molar-refractivity contribution in [1.29, 1.82) is 0 Å². The van der Waals surface area contributed by atoms with Gasteiger partial charge in [-0.25, -0.2) is 0 Å². The van der Waals surface area contributed by atoms with E-state index in [4.69, 9.17) is 4.74 Å². The molecule has 0 aliphatic heterocycles. The number of aromatic nitrogens is 1. The second kappa shape index (κ2) is 6.47. The van der Waals surface area contributed by atoms with Crippen molar-refractivity contribution in [3.8, 4) is 0 Å². The van der Waals surface area contributed by atoms with Gasteiger partial charge in [0, 0.05) is 37.5 Å². The number of methoxy groups -OCH3 is 1. The number of rotatable bonds is 6. The maximum absolute atomic E-state index is 5.20. The number of hydrogen-bond acceptors (Lipinski definition) is 3. The molecule has 1 heterocycles. The van der Waals surface area contributed by atoms with Gasteiger partial charge < -0.3 is 10.1 Å². The second-order valence-electron chi connectivity index (χ2n) is 4.34. The fourth-order valence-electron chi connectivity index (χ4n) is 2.29. The van der Waals surface area contributed by atoms with E-state index in [2.05, 4.69) is 41.5 Å². The van der Waals surface area contributed by atoms with Crippen LogP contribution in [0.3, 0.4) is 0 Å². The lowest BCUT2D eigenvalue weighted by Gasteiger charge is -2.19. The summed E-state index contributed by atoms with van der Waals surface area (Å²) in [5.41, 5.74) is 1.31. The van der Waals surface area contributed by atoms with Crippen LogP contribution in [0.25, 0.3) is 10.8 Å². The molecule has 1 aromatic carbocycles. The molecule has 0 amide bonds. The Kier molecular flexibility index (Phi) is 4.67. The van der Waals surface area contributed by atoms with Crippen LogP contribution in [0.5, 0.6) is 0 Å². The SMILES string of the molecule is CCNC(CCOC)c1cccc2ccncc12. The van der Waals surface area contributed by atoms with E-state index in [1.54, 1.807) is 7.11 Å². The first-order chi connectivity index (χ1) is 8.86. The van der Waals surface area contributed by atoms with Crippen molar-refractivity contribution in [2.45, 2.75) is 19.4 Å². The molecule has 0 aliphatic rings. The van der Waals surface area contributed by atoms with Gasteiger partial charge in [-0.05, 0) is 30.0 Å². The maximum atomic E-state index is 5.20. The minimum absolute atomic E-state index is 0.322. The number of nitrogens with zero attached hydrogens (tertiary/aromatic N) is 1. The number of benzene rings is 1. The monoisotopic (exact) mass is 244 g/mol. The first-order valence-corrected chi connectivity index (χ1v) is 6.41. The van der Waals surface area contributed by atoms with Crippen LogP contribution >= 0.6 is 0 Å². The second-order valence-corrected chi connectivity index (χ2v) is 4.34. The highest BCUT2D eigenvalue weighted by atomic mass is 16.5. The first kappa shape index (κ1) is 13.0. The zero-order chi connectivity index (χ0) is 12.8. The van der Waals surface area contributed by atoms with Crippen LogP contribution in [-0.4, -0.2) is 25.2 Å². The molecule has 1 unspecified atom stereocenters. The predicted octanol–water partition coefficient (Wildman–Crippen LogP) is 2.92. The van der Waals surface area contributed by atoms with Gasteiger partial charge >= 0.3 is 0 Å². The van der Waals surface area contributed by atoms with Crippen LogP contribution in [0.4, 0.5) is 0 Å². The zero-order valence-corrected chi connectivity index (χ0v) is 11.0. The Labute approximate surface area is 108 Å². The smallest absolute Gasteiger partial charge is 0.0480 e. The molecule has 2 rings (SSSR count). The Morgan fingerprint density at radius 3 is 3.00 bits per heavy atom. The summed E-state index contributed by atoms with van der Waals surface area (Å²) in [6.45, 7) is 3.84. The highest BCUT2D eigenvalue weighted by molar-refractivity contribution is 5.85. The van der Waals surface area contributed by atoms with Crippen LogP contribution in [0.15, 0.2) is 36.7 Å². The van der Waals surface area contributed by atoms with Crippen LogP contribution in [-0.2, 0) is 4.74 Å². The molecule has 0 aliphatic carbocycles. The molecule has 3 heteroatoms. The standard InChI is InChI=1S/C15H20N2O/c1-3-17-15(8-10-18-2)13-6-4-5-12-7-9-16-11-14(12)13/h4-7,9,11,15,17H,3,8,10H2,1-2H3. The number of fused-ring (bicyclic) bond motifs is 1. The van der Waals surface area contributed by atoms with E-state index < -0.39 is 0 Å². The molecule has 0 saturated carbocycles. The molecular formula is C15H20N2O. The summed E-state index contributed by atoms with van der Waals surface area (Å²) < 4.78 is 5.20. The zero-order valence-electron chi connectivity index (χ0n) is 11.0. The quantitative estimate of drug-likeness (QED) is 0.848. The average molecular weight is 244 g/mol. The number of nitrogens with one attached hydrogen (secondary N) is 1. The maximum Gasteiger partial charge on any atom is 0.0480 e. The highest BCUT2D eigenvalue weighted by Crippen LogP contribution is 2.25. The van der Waals surface area contributed by atoms with E-state index in [0.29, 0.717) is 6.04 Å². The third kappa shape index (κ3) is 2.86. The highest BCUT2D eigenvalue weighted by Gasteiger charge is 2.12. The molecule has 96 valence electrons. The lowest BCUT2D eigenvalue weighted by atomic mass is 9.98. The largest absolute Gasteiger partial charge is 0.385 e. The van der Waals surface area contributed by atoms with Crippen molar-refractivity contribution in [3.05, 3.63) is 42.2 Å². The Morgan fingerprint density at radius 2 is 2.22 bits per heavy atom. The van der Waals surface area contributed by atoms with Crippen molar-refractivity contribution in [2.75, 3.05) is 20.3 Å². The molecule has 0 spiro atoms. The van der Waals surface area contributed by atoms with Gasteiger partial charge in [-0.3, -0.25) is 4.98 Å². The Morgan fingerprint density at radius 1 is 1.33 bits per heavy atom. The van der Waals surface area contributed by atoms with E-state index in [9.17, 15) is 0 Å². The molecule has 1 atom stereocenters. The number of hydrogen-bond donors (Lipinski definition) is 1. The summed E-state index contributed by atoms with van der Waals surface area (Å²) in [6.07, 6.45) is 4.75. The molecule has 0 saturated heterocycles. The molecule has 0 fully saturated rings. The Balaban J connectivity index is 2.36. The summed E-state index contributed by atoms with van der Waals surface area (Å²) in [5, 5.41) is 5.98. The van der Waals surface area contributed by atoms with Crippen molar-refractivity contribution in [1.82, 2.24) is 10.3 Å². The topological polar surface area (TPSA) is 34.1 Å². The molecule has 18 heavy (non-hydrogen) atoms. The summed E-state index contributed by atoms with van der Waals surface area (Å²) in [5.74, 6) is 0. The van der Waals surface area contributed by atoms with Crippen LogP contribution < -0.4 is 5.32 Å². The van der Waals surface area contributed by atoms with Gasteiger partial charge in [0.2, 0.25) is 0 Å². The van der Waals surface area contributed by atoms with E-state index in [1.807, 2.05) is 12.4 Å². The lowest BCUT2D eigenvalue weighted by Crippen LogP contribution is -2.22. The first-order valence-electron chi connectivity index (χ1n) is 6.41. The van der Waals surface area contributed by atoms with Crippen LogP contribution in [0, 0.1) is 0 Å². The Bertz CT molecular complexity index is 493. The summed E-state index contributed by atoms with van der Waals surface area (Å²) >= 11 is 0. The molecule has 0 radical (unpaired) electrons. The van der Waals surface area contributed by atoms with E-state index in [0.717, 1.165) is 19.6 Å². The lowest BCUT2D eigenvalue weighted by molar-refractivity contribution is 0.183. The number of ether oxygens (including phenoxy) is 1. The normalized spacial score (nSPS) is 12.8. The van der Waals surface area contributed by atoms with Gasteiger partial charge in [-0.1, -0.05) is 25.1 Å². The summed E-state index contributed by atoms with van der Waals surface area (Å²) in [6, 6.07) is 8.78. The molecule has 1 aromatic heterocycles. The molecular weight excluding hydrogens is 224 g/mol. The molecule has 1 N–H and O–H groups in total. The minimum Gasteiger partial charge on any atom is -0.385 e. The van der Waals surface area contributed by atoms with Crippen molar-refractivity contribution in [3.63, 3.8) is 0 Å². The van der Waals surface area contributed by atoms with E-state index >= 15 is 0 Å². The van der Waals surface area contributed by atoms with Gasteiger partial charge in [0.15, 0.2) is 0 Å². The fraction of sp³-hybridized carbons (Fsp3) is 0.400. The van der Waals surface area contributed by atoms with Gasteiger partial charge in [0.25, 0.3) is 0 Å². The fourth-order valence-corrected chi connectivity index (χ4v) is 2.29.